The summed E-state index contributed by atoms with van der Waals surface area (Å²) >= 11 is 0. The zero-order chi connectivity index (χ0) is 13.4. The van der Waals surface area contributed by atoms with Gasteiger partial charge < -0.3 is 5.32 Å². The van der Waals surface area contributed by atoms with Crippen LogP contribution < -0.4 is 10.2 Å². The van der Waals surface area contributed by atoms with E-state index in [-0.39, 0.29) is 6.03 Å². The summed E-state index contributed by atoms with van der Waals surface area (Å²) in [5.41, 5.74) is 3.12. The third-order valence-corrected chi connectivity index (χ3v) is 3.14. The fraction of sp³-hybridized carbons (Fsp3) is 0.214. The zero-order valence-corrected chi connectivity index (χ0v) is 10.7. The number of aromatic nitrogens is 2. The minimum absolute atomic E-state index is 0.191. The Kier molecular flexibility index (Phi) is 2.67. The van der Waals surface area contributed by atoms with Gasteiger partial charge in [-0.15, -0.1) is 0 Å². The molecule has 1 fully saturated rings. The van der Waals surface area contributed by atoms with Gasteiger partial charge in [-0.25, -0.2) is 14.8 Å². The molecule has 19 heavy (non-hydrogen) atoms. The first-order valence-electron chi connectivity index (χ1n) is 6.15. The highest BCUT2D eigenvalue weighted by Crippen LogP contribution is 2.22. The average molecular weight is 254 g/mol. The lowest BCUT2D eigenvalue weighted by Crippen LogP contribution is -2.45. The summed E-state index contributed by atoms with van der Waals surface area (Å²) in [6.45, 7) is 6.22. The Hall–Kier alpha value is -2.43. The maximum absolute atomic E-state index is 12.0. The van der Waals surface area contributed by atoms with Gasteiger partial charge in [-0.05, 0) is 19.1 Å². The van der Waals surface area contributed by atoms with Gasteiger partial charge in [0.2, 0.25) is 0 Å². The smallest absolute Gasteiger partial charge is 0.312 e. The molecule has 1 aromatic heterocycles. The van der Waals surface area contributed by atoms with Gasteiger partial charge in [0.15, 0.2) is 5.82 Å². The first-order chi connectivity index (χ1) is 9.15. The first-order valence-corrected chi connectivity index (χ1v) is 6.15. The third kappa shape index (κ3) is 2.03. The molecule has 0 bridgehead atoms. The zero-order valence-electron chi connectivity index (χ0n) is 10.7. The van der Waals surface area contributed by atoms with Crippen molar-refractivity contribution in [3.63, 3.8) is 0 Å². The predicted octanol–water partition coefficient (Wildman–Crippen LogP) is 2.37. The molecule has 5 heteroatoms. The number of anilines is 1. The second-order valence-electron chi connectivity index (χ2n) is 4.56. The van der Waals surface area contributed by atoms with Crippen molar-refractivity contribution < 1.29 is 4.79 Å². The number of benzene rings is 1. The molecule has 96 valence electrons. The molecule has 1 aromatic carbocycles. The summed E-state index contributed by atoms with van der Waals surface area (Å²) in [6, 6.07) is 7.45. The summed E-state index contributed by atoms with van der Waals surface area (Å²) in [5.74, 6) is 0.615. The monoisotopic (exact) mass is 254 g/mol. The molecule has 0 spiro atoms. The number of fused-ring (bicyclic) bond motifs is 1. The second kappa shape index (κ2) is 4.35. The lowest BCUT2D eigenvalue weighted by atomic mass is 10.2. The number of aryl methyl sites for hydroxylation is 1. The molecule has 0 radical (unpaired) electrons. The van der Waals surface area contributed by atoms with Crippen LogP contribution in [0.15, 0.2) is 36.5 Å². The summed E-state index contributed by atoms with van der Waals surface area (Å²) in [4.78, 5) is 22.6. The molecule has 0 aliphatic carbocycles. The molecule has 0 saturated carbocycles. The minimum atomic E-state index is -0.191. The second-order valence-corrected chi connectivity index (χ2v) is 4.56. The van der Waals surface area contributed by atoms with Crippen molar-refractivity contribution in [2.45, 2.75) is 13.3 Å². The van der Waals surface area contributed by atoms with Crippen molar-refractivity contribution >= 4 is 22.9 Å². The summed E-state index contributed by atoms with van der Waals surface area (Å²) < 4.78 is 0. The molecule has 1 saturated heterocycles. The molecule has 2 aromatic rings. The highest BCUT2D eigenvalue weighted by Gasteiger charge is 2.24. The van der Waals surface area contributed by atoms with Gasteiger partial charge in [-0.1, -0.05) is 18.7 Å². The number of hydrogen-bond donors (Lipinski definition) is 1. The number of carbonyl (C=O) groups is 1. The molecule has 1 aliphatic rings. The van der Waals surface area contributed by atoms with Crippen LogP contribution in [-0.4, -0.2) is 22.5 Å². The number of rotatable bonds is 1. The SMILES string of the molecule is C=C1CCN(c2nc3ccccc3nc2C)C(=O)N1. The molecule has 1 aliphatic heterocycles. The van der Waals surface area contributed by atoms with Crippen molar-refractivity contribution in [1.82, 2.24) is 15.3 Å². The highest BCUT2D eigenvalue weighted by molar-refractivity contribution is 5.94. The van der Waals surface area contributed by atoms with Crippen LogP contribution in [0.3, 0.4) is 0 Å². The molecular formula is C14H14N4O. The number of carbonyl (C=O) groups excluding carboxylic acids is 1. The van der Waals surface area contributed by atoms with Crippen LogP contribution in [0.2, 0.25) is 0 Å². The number of amides is 2. The maximum Gasteiger partial charge on any atom is 0.327 e. The summed E-state index contributed by atoms with van der Waals surface area (Å²) in [5, 5.41) is 2.73. The Morgan fingerprint density at radius 1 is 1.26 bits per heavy atom. The van der Waals surface area contributed by atoms with Crippen molar-refractivity contribution in [2.24, 2.45) is 0 Å². The van der Waals surface area contributed by atoms with E-state index in [9.17, 15) is 4.79 Å². The van der Waals surface area contributed by atoms with Gasteiger partial charge in [0.25, 0.3) is 0 Å². The van der Waals surface area contributed by atoms with Crippen molar-refractivity contribution in [1.29, 1.82) is 0 Å². The van der Waals surface area contributed by atoms with Crippen molar-refractivity contribution in [3.05, 3.63) is 42.2 Å². The fourth-order valence-corrected chi connectivity index (χ4v) is 2.17. The van der Waals surface area contributed by atoms with E-state index in [1.807, 2.05) is 31.2 Å². The van der Waals surface area contributed by atoms with E-state index < -0.39 is 0 Å². The van der Waals surface area contributed by atoms with E-state index in [1.165, 1.54) is 0 Å². The van der Waals surface area contributed by atoms with Gasteiger partial charge >= 0.3 is 6.03 Å². The predicted molar refractivity (Wildman–Crippen MR) is 73.9 cm³/mol. The lowest BCUT2D eigenvalue weighted by molar-refractivity contribution is 0.246. The van der Waals surface area contributed by atoms with Crippen LogP contribution in [0, 0.1) is 6.92 Å². The van der Waals surface area contributed by atoms with Gasteiger partial charge in [0, 0.05) is 18.7 Å². The molecule has 3 rings (SSSR count). The standard InChI is InChI=1S/C14H14N4O/c1-9-7-8-18(14(19)15-9)13-10(2)16-11-5-3-4-6-12(11)17-13/h3-6H,1,7-8H2,2H3,(H,15,19). The van der Waals surface area contributed by atoms with Crippen molar-refractivity contribution in [3.8, 4) is 0 Å². The Labute approximate surface area is 111 Å². The Bertz CT molecular complexity index is 680. The number of para-hydroxylation sites is 2. The maximum atomic E-state index is 12.0. The quantitative estimate of drug-likeness (QED) is 0.850. The number of urea groups is 1. The molecule has 0 atom stereocenters. The average Bonchev–Trinajstić information content (AvgIpc) is 2.38. The summed E-state index contributed by atoms with van der Waals surface area (Å²) in [7, 11) is 0. The molecular weight excluding hydrogens is 240 g/mol. The number of hydrogen-bond acceptors (Lipinski definition) is 3. The van der Waals surface area contributed by atoms with Crippen molar-refractivity contribution in [2.75, 3.05) is 11.4 Å². The van der Waals surface area contributed by atoms with Crippen LogP contribution in [0.25, 0.3) is 11.0 Å². The van der Waals surface area contributed by atoms with E-state index in [1.54, 1.807) is 4.90 Å². The number of nitrogens with one attached hydrogen (secondary N) is 1. The Balaban J connectivity index is 2.07. The molecule has 5 nitrogen and oxygen atoms in total. The van der Waals surface area contributed by atoms with E-state index in [0.717, 1.165) is 28.8 Å². The van der Waals surface area contributed by atoms with E-state index >= 15 is 0 Å². The largest absolute Gasteiger partial charge is 0.327 e. The van der Waals surface area contributed by atoms with Gasteiger partial charge in [-0.2, -0.15) is 0 Å². The molecule has 0 unspecified atom stereocenters. The van der Waals surface area contributed by atoms with E-state index in [0.29, 0.717) is 12.4 Å². The first kappa shape index (κ1) is 11.6. The Morgan fingerprint density at radius 2 is 1.95 bits per heavy atom. The van der Waals surface area contributed by atoms with Crippen LogP contribution in [0.1, 0.15) is 12.1 Å². The minimum Gasteiger partial charge on any atom is -0.312 e. The summed E-state index contributed by atoms with van der Waals surface area (Å²) in [6.07, 6.45) is 0.722. The van der Waals surface area contributed by atoms with Crippen LogP contribution in [-0.2, 0) is 0 Å². The van der Waals surface area contributed by atoms with Gasteiger partial charge in [0.1, 0.15) is 0 Å². The van der Waals surface area contributed by atoms with Crippen LogP contribution >= 0.6 is 0 Å². The highest BCUT2D eigenvalue weighted by atomic mass is 16.2. The van der Waals surface area contributed by atoms with Crippen LogP contribution in [0.4, 0.5) is 10.6 Å². The number of nitrogens with zero attached hydrogens (tertiary/aromatic N) is 3. The Morgan fingerprint density at radius 3 is 2.63 bits per heavy atom. The lowest BCUT2D eigenvalue weighted by Gasteiger charge is -2.28. The van der Waals surface area contributed by atoms with Crippen LogP contribution in [0.5, 0.6) is 0 Å². The van der Waals surface area contributed by atoms with Gasteiger partial charge in [-0.3, -0.25) is 4.90 Å². The molecule has 1 N–H and O–H groups in total. The molecule has 2 heterocycles. The molecule has 2 amide bonds. The topological polar surface area (TPSA) is 58.1 Å². The fourth-order valence-electron chi connectivity index (χ4n) is 2.17. The van der Waals surface area contributed by atoms with E-state index in [2.05, 4.69) is 21.9 Å². The van der Waals surface area contributed by atoms with Gasteiger partial charge in [0.05, 0.1) is 16.7 Å². The third-order valence-electron chi connectivity index (χ3n) is 3.14. The normalized spacial score (nSPS) is 15.7. The van der Waals surface area contributed by atoms with E-state index in [4.69, 9.17) is 0 Å².